The lowest BCUT2D eigenvalue weighted by atomic mass is 9.93. The molecule has 0 bridgehead atoms. The lowest BCUT2D eigenvalue weighted by molar-refractivity contribution is 0.174. The van der Waals surface area contributed by atoms with Crippen LogP contribution in [0, 0.1) is 5.92 Å². The van der Waals surface area contributed by atoms with Gasteiger partial charge in [-0.2, -0.15) is 9.97 Å². The third kappa shape index (κ3) is 4.14. The van der Waals surface area contributed by atoms with E-state index in [0.29, 0.717) is 5.65 Å². The van der Waals surface area contributed by atoms with E-state index in [9.17, 15) is 0 Å². The summed E-state index contributed by atoms with van der Waals surface area (Å²) >= 11 is 5.97. The van der Waals surface area contributed by atoms with Crippen LogP contribution >= 0.6 is 11.6 Å². The van der Waals surface area contributed by atoms with E-state index in [1.165, 1.54) is 31.5 Å². The molecule has 0 amide bonds. The number of piperidine rings is 1. The summed E-state index contributed by atoms with van der Waals surface area (Å²) < 4.78 is 0. The van der Waals surface area contributed by atoms with Crippen LogP contribution in [0.25, 0.3) is 11.2 Å². The lowest BCUT2D eigenvalue weighted by Crippen LogP contribution is -2.33. The summed E-state index contributed by atoms with van der Waals surface area (Å²) in [7, 11) is 0. The Labute approximate surface area is 158 Å². The first kappa shape index (κ1) is 17.2. The zero-order valence-corrected chi connectivity index (χ0v) is 15.4. The molecule has 1 aliphatic heterocycles. The lowest BCUT2D eigenvalue weighted by Gasteiger charge is -2.32. The molecule has 6 nitrogen and oxygen atoms in total. The van der Waals surface area contributed by atoms with Crippen LogP contribution in [0.15, 0.2) is 36.7 Å². The van der Waals surface area contributed by atoms with Gasteiger partial charge in [0.15, 0.2) is 11.5 Å². The number of hydrogen-bond acceptors (Lipinski definition) is 5. The molecule has 1 aromatic carbocycles. The molecular weight excluding hydrogens is 348 g/mol. The molecule has 2 aromatic heterocycles. The highest BCUT2D eigenvalue weighted by atomic mass is 35.5. The summed E-state index contributed by atoms with van der Waals surface area (Å²) in [5.41, 5.74) is 2.81. The van der Waals surface area contributed by atoms with Gasteiger partial charge >= 0.3 is 0 Å². The maximum atomic E-state index is 5.97. The summed E-state index contributed by atoms with van der Waals surface area (Å²) in [5.74, 6) is 1.49. The Morgan fingerprint density at radius 1 is 1.15 bits per heavy atom. The van der Waals surface area contributed by atoms with Crippen molar-refractivity contribution in [1.82, 2.24) is 24.8 Å². The van der Waals surface area contributed by atoms with Gasteiger partial charge in [-0.1, -0.05) is 30.3 Å². The predicted octanol–water partition coefficient (Wildman–Crippen LogP) is 3.72. The number of hydrogen-bond donors (Lipinski definition) is 2. The van der Waals surface area contributed by atoms with E-state index in [-0.39, 0.29) is 5.28 Å². The van der Waals surface area contributed by atoms with E-state index in [0.717, 1.165) is 36.8 Å². The molecule has 0 saturated carbocycles. The predicted molar refractivity (Wildman–Crippen MR) is 104 cm³/mol. The monoisotopic (exact) mass is 370 g/mol. The van der Waals surface area contributed by atoms with Crippen LogP contribution in [0.2, 0.25) is 5.28 Å². The van der Waals surface area contributed by atoms with Gasteiger partial charge < -0.3 is 10.3 Å². The van der Waals surface area contributed by atoms with Crippen molar-refractivity contribution in [2.24, 2.45) is 5.92 Å². The number of aromatic nitrogens is 4. The largest absolute Gasteiger partial charge is 0.368 e. The minimum Gasteiger partial charge on any atom is -0.368 e. The molecule has 2 N–H and O–H groups in total. The number of likely N-dealkylation sites (tertiary alicyclic amines) is 1. The number of H-pyrrole nitrogens is 1. The van der Waals surface area contributed by atoms with Gasteiger partial charge in [0.1, 0.15) is 5.52 Å². The highest BCUT2D eigenvalue weighted by molar-refractivity contribution is 6.28. The smallest absolute Gasteiger partial charge is 0.226 e. The molecule has 7 heteroatoms. The minimum absolute atomic E-state index is 0.223. The highest BCUT2D eigenvalue weighted by Gasteiger charge is 2.19. The van der Waals surface area contributed by atoms with Gasteiger partial charge in [0, 0.05) is 13.1 Å². The zero-order chi connectivity index (χ0) is 17.8. The quantitative estimate of drug-likeness (QED) is 0.647. The zero-order valence-electron chi connectivity index (χ0n) is 14.7. The second-order valence-electron chi connectivity index (χ2n) is 6.86. The third-order valence-electron chi connectivity index (χ3n) is 5.06. The number of benzene rings is 1. The number of imidazole rings is 1. The summed E-state index contributed by atoms with van der Waals surface area (Å²) in [6.07, 6.45) is 5.25. The van der Waals surface area contributed by atoms with Crippen molar-refractivity contribution in [3.05, 3.63) is 47.5 Å². The van der Waals surface area contributed by atoms with Gasteiger partial charge in [-0.15, -0.1) is 0 Å². The van der Waals surface area contributed by atoms with Crippen LogP contribution in [-0.4, -0.2) is 44.5 Å². The number of nitrogens with one attached hydrogen (secondary N) is 2. The molecule has 0 aliphatic carbocycles. The number of nitrogens with zero attached hydrogens (tertiary/aromatic N) is 4. The van der Waals surface area contributed by atoms with Crippen LogP contribution in [0.4, 0.5) is 5.82 Å². The Kier molecular flexibility index (Phi) is 5.32. The molecule has 1 aliphatic rings. The Hall–Kier alpha value is -2.18. The molecule has 3 aromatic rings. The normalized spacial score (nSPS) is 16.2. The average molecular weight is 371 g/mol. The molecule has 1 saturated heterocycles. The van der Waals surface area contributed by atoms with Crippen molar-refractivity contribution >= 4 is 28.6 Å². The van der Waals surface area contributed by atoms with Crippen molar-refractivity contribution in [3.63, 3.8) is 0 Å². The van der Waals surface area contributed by atoms with Crippen molar-refractivity contribution in [2.45, 2.75) is 25.8 Å². The number of aromatic amines is 1. The van der Waals surface area contributed by atoms with Crippen LogP contribution in [-0.2, 0) is 6.54 Å². The average Bonchev–Trinajstić information content (AvgIpc) is 3.12. The topological polar surface area (TPSA) is 69.7 Å². The molecular formula is C19H23ClN6. The molecule has 0 radical (unpaired) electrons. The number of fused-ring (bicyclic) bond motifs is 1. The van der Waals surface area contributed by atoms with Crippen molar-refractivity contribution in [1.29, 1.82) is 0 Å². The second-order valence-corrected chi connectivity index (χ2v) is 7.20. The summed E-state index contributed by atoms with van der Waals surface area (Å²) in [4.78, 5) is 18.1. The summed E-state index contributed by atoms with van der Waals surface area (Å²) in [6, 6.07) is 10.7. The summed E-state index contributed by atoms with van der Waals surface area (Å²) in [5, 5.41) is 3.62. The fraction of sp³-hybridized carbons (Fsp3) is 0.421. The Morgan fingerprint density at radius 3 is 2.77 bits per heavy atom. The number of halogens is 1. The Bertz CT molecular complexity index is 842. The summed E-state index contributed by atoms with van der Waals surface area (Å²) in [6.45, 7) is 4.28. The SMILES string of the molecule is Clc1nc(NCCC2CCN(Cc3ccccc3)CC2)c2[nH]cnc2n1. The molecule has 136 valence electrons. The molecule has 3 heterocycles. The first-order valence-corrected chi connectivity index (χ1v) is 9.52. The number of anilines is 1. The molecule has 26 heavy (non-hydrogen) atoms. The van der Waals surface area contributed by atoms with Gasteiger partial charge in [0.2, 0.25) is 5.28 Å². The van der Waals surface area contributed by atoms with Crippen LogP contribution in [0.5, 0.6) is 0 Å². The standard InChI is InChI=1S/C19H23ClN6/c20-19-24-17(16-18(25-19)23-13-22-16)21-9-6-14-7-10-26(11-8-14)12-15-4-2-1-3-5-15/h1-5,13-14H,6-12H2,(H2,21,22,23,24,25). The molecule has 0 unspecified atom stereocenters. The van der Waals surface area contributed by atoms with E-state index < -0.39 is 0 Å². The van der Waals surface area contributed by atoms with Crippen LogP contribution in [0.1, 0.15) is 24.8 Å². The Morgan fingerprint density at radius 2 is 1.96 bits per heavy atom. The maximum absolute atomic E-state index is 5.97. The first-order valence-electron chi connectivity index (χ1n) is 9.15. The van der Waals surface area contributed by atoms with Crippen LogP contribution in [0.3, 0.4) is 0 Å². The van der Waals surface area contributed by atoms with Gasteiger partial charge in [-0.05, 0) is 55.4 Å². The second kappa shape index (κ2) is 8.01. The van der Waals surface area contributed by atoms with Gasteiger partial charge in [0.05, 0.1) is 6.33 Å². The fourth-order valence-electron chi connectivity index (χ4n) is 3.60. The van der Waals surface area contributed by atoms with Gasteiger partial charge in [0.25, 0.3) is 0 Å². The molecule has 4 rings (SSSR count). The third-order valence-corrected chi connectivity index (χ3v) is 5.23. The highest BCUT2D eigenvalue weighted by Crippen LogP contribution is 2.23. The number of rotatable bonds is 6. The van der Waals surface area contributed by atoms with E-state index in [1.807, 2.05) is 0 Å². The van der Waals surface area contributed by atoms with Crippen molar-refractivity contribution in [2.75, 3.05) is 25.0 Å². The fourth-order valence-corrected chi connectivity index (χ4v) is 3.77. The molecule has 0 spiro atoms. The minimum atomic E-state index is 0.223. The Balaban J connectivity index is 1.24. The van der Waals surface area contributed by atoms with E-state index in [1.54, 1.807) is 6.33 Å². The van der Waals surface area contributed by atoms with Crippen molar-refractivity contribution in [3.8, 4) is 0 Å². The molecule has 1 fully saturated rings. The van der Waals surface area contributed by atoms with E-state index in [2.05, 4.69) is 60.5 Å². The van der Waals surface area contributed by atoms with Gasteiger partial charge in [-0.3, -0.25) is 4.90 Å². The molecule has 0 atom stereocenters. The maximum Gasteiger partial charge on any atom is 0.226 e. The van der Waals surface area contributed by atoms with Crippen molar-refractivity contribution < 1.29 is 0 Å². The van der Waals surface area contributed by atoms with E-state index in [4.69, 9.17) is 11.6 Å². The van der Waals surface area contributed by atoms with E-state index >= 15 is 0 Å². The van der Waals surface area contributed by atoms with Crippen LogP contribution < -0.4 is 5.32 Å². The first-order chi connectivity index (χ1) is 12.8. The van der Waals surface area contributed by atoms with Gasteiger partial charge in [-0.25, -0.2) is 4.98 Å².